The molecule has 0 saturated carbocycles. The molecule has 0 saturated heterocycles. The predicted octanol–water partition coefficient (Wildman–Crippen LogP) is 6.83. The molecule has 0 spiro atoms. The number of phenolic OH excluding ortho intramolecular Hbond substituents is 2. The summed E-state index contributed by atoms with van der Waals surface area (Å²) in [5.41, 5.74) is 2.91. The number of hydrogen-bond donors (Lipinski definition) is 2. The SMILES string of the molecule is O=C(OCCCc1ccccc1)c1ccc(O)c(Sc2cc(C(=O)OCCCc3ccccc3)ccc2O)c1. The van der Waals surface area contributed by atoms with Crippen LogP contribution in [0.15, 0.2) is 107 Å². The van der Waals surface area contributed by atoms with Crippen molar-refractivity contribution in [2.45, 2.75) is 35.5 Å². The molecule has 0 bridgehead atoms. The van der Waals surface area contributed by atoms with Gasteiger partial charge in [0.25, 0.3) is 0 Å². The molecule has 0 heterocycles. The quantitative estimate of drug-likeness (QED) is 0.150. The number of aromatic hydroxyl groups is 2. The van der Waals surface area contributed by atoms with Crippen molar-refractivity contribution in [3.63, 3.8) is 0 Å². The van der Waals surface area contributed by atoms with Gasteiger partial charge in [-0.3, -0.25) is 0 Å². The topological polar surface area (TPSA) is 93.1 Å². The molecule has 0 amide bonds. The second-order valence-electron chi connectivity index (χ2n) is 8.92. The second-order valence-corrected chi connectivity index (χ2v) is 10.0. The molecule has 0 unspecified atom stereocenters. The van der Waals surface area contributed by atoms with Crippen LogP contribution in [0.2, 0.25) is 0 Å². The number of hydrogen-bond acceptors (Lipinski definition) is 7. The van der Waals surface area contributed by atoms with Crippen LogP contribution in [0.1, 0.15) is 44.7 Å². The molecule has 4 rings (SSSR count). The van der Waals surface area contributed by atoms with E-state index in [0.717, 1.165) is 24.6 Å². The Labute approximate surface area is 232 Å². The van der Waals surface area contributed by atoms with E-state index in [1.807, 2.05) is 60.7 Å². The number of carbonyl (C=O) groups excluding carboxylic acids is 2. The van der Waals surface area contributed by atoms with Crippen molar-refractivity contribution in [1.29, 1.82) is 0 Å². The van der Waals surface area contributed by atoms with Gasteiger partial charge in [0.2, 0.25) is 0 Å². The first-order chi connectivity index (χ1) is 19.0. The van der Waals surface area contributed by atoms with Crippen molar-refractivity contribution < 1.29 is 29.3 Å². The summed E-state index contributed by atoms with van der Waals surface area (Å²) in [6.07, 6.45) is 2.99. The largest absolute Gasteiger partial charge is 0.507 e. The minimum atomic E-state index is -0.498. The first kappa shape index (κ1) is 27.8. The lowest BCUT2D eigenvalue weighted by Gasteiger charge is -2.11. The standard InChI is InChI=1S/C32H30O6S/c33-27-17-15-25(31(35)37-19-7-13-23-9-3-1-4-10-23)21-29(27)39-30-22-26(16-18-28(30)34)32(36)38-20-8-14-24-11-5-2-6-12-24/h1-6,9-12,15-18,21-22,33-34H,7-8,13-14,19-20H2. The van der Waals surface area contributed by atoms with Crippen molar-refractivity contribution in [3.8, 4) is 11.5 Å². The molecule has 7 heteroatoms. The summed E-state index contributed by atoms with van der Waals surface area (Å²) in [7, 11) is 0. The number of benzene rings is 4. The Balaban J connectivity index is 1.33. The lowest BCUT2D eigenvalue weighted by atomic mass is 10.1. The first-order valence-electron chi connectivity index (χ1n) is 12.8. The summed E-state index contributed by atoms with van der Waals surface area (Å²) in [4.78, 5) is 25.8. The number of phenols is 2. The maximum absolute atomic E-state index is 12.6. The zero-order valence-corrected chi connectivity index (χ0v) is 22.2. The van der Waals surface area contributed by atoms with Crippen LogP contribution in [0.25, 0.3) is 0 Å². The number of carbonyl (C=O) groups is 2. The van der Waals surface area contributed by atoms with E-state index in [1.54, 1.807) is 0 Å². The average Bonchev–Trinajstić information content (AvgIpc) is 2.96. The van der Waals surface area contributed by atoms with Gasteiger partial charge in [-0.25, -0.2) is 9.59 Å². The van der Waals surface area contributed by atoms with Crippen molar-refractivity contribution in [2.75, 3.05) is 13.2 Å². The van der Waals surface area contributed by atoms with Crippen molar-refractivity contribution in [1.82, 2.24) is 0 Å². The van der Waals surface area contributed by atoms with E-state index in [4.69, 9.17) is 9.47 Å². The fraction of sp³-hybridized carbons (Fsp3) is 0.188. The first-order valence-corrected chi connectivity index (χ1v) is 13.6. The fourth-order valence-corrected chi connectivity index (χ4v) is 4.86. The van der Waals surface area contributed by atoms with Crippen LogP contribution in [-0.4, -0.2) is 35.4 Å². The van der Waals surface area contributed by atoms with Crippen LogP contribution in [0, 0.1) is 0 Å². The molecule has 0 aliphatic heterocycles. The van der Waals surface area contributed by atoms with Gasteiger partial charge in [0.05, 0.1) is 34.1 Å². The van der Waals surface area contributed by atoms with E-state index >= 15 is 0 Å². The Bertz CT molecular complexity index is 1280. The summed E-state index contributed by atoms with van der Waals surface area (Å²) >= 11 is 1.04. The number of rotatable bonds is 12. The molecular formula is C32H30O6S. The minimum Gasteiger partial charge on any atom is -0.507 e. The Morgan fingerprint density at radius 3 is 1.41 bits per heavy atom. The molecule has 39 heavy (non-hydrogen) atoms. The van der Waals surface area contributed by atoms with Crippen LogP contribution in [0.5, 0.6) is 11.5 Å². The van der Waals surface area contributed by atoms with Gasteiger partial charge in [-0.1, -0.05) is 72.4 Å². The highest BCUT2D eigenvalue weighted by molar-refractivity contribution is 7.99. The lowest BCUT2D eigenvalue weighted by molar-refractivity contribution is 0.0491. The molecule has 2 N–H and O–H groups in total. The molecule has 0 radical (unpaired) electrons. The predicted molar refractivity (Wildman–Crippen MR) is 150 cm³/mol. The van der Waals surface area contributed by atoms with Gasteiger partial charge in [0, 0.05) is 0 Å². The summed E-state index contributed by atoms with van der Waals surface area (Å²) in [5, 5.41) is 20.8. The smallest absolute Gasteiger partial charge is 0.338 e. The van der Waals surface area contributed by atoms with Gasteiger partial charge in [-0.2, -0.15) is 0 Å². The van der Waals surface area contributed by atoms with Crippen molar-refractivity contribution in [2.24, 2.45) is 0 Å². The molecule has 0 aliphatic rings. The van der Waals surface area contributed by atoms with Crippen LogP contribution in [0.3, 0.4) is 0 Å². The molecule has 0 atom stereocenters. The van der Waals surface area contributed by atoms with E-state index < -0.39 is 11.9 Å². The molecule has 0 aliphatic carbocycles. The second kappa shape index (κ2) is 14.1. The monoisotopic (exact) mass is 542 g/mol. The Morgan fingerprint density at radius 2 is 1.00 bits per heavy atom. The Kier molecular flexibility index (Phi) is 10.0. The maximum atomic E-state index is 12.6. The summed E-state index contributed by atoms with van der Waals surface area (Å²) in [6, 6.07) is 28.7. The third-order valence-electron chi connectivity index (χ3n) is 5.98. The Morgan fingerprint density at radius 1 is 0.590 bits per heavy atom. The van der Waals surface area contributed by atoms with E-state index in [0.29, 0.717) is 22.6 Å². The molecule has 0 aromatic heterocycles. The normalized spacial score (nSPS) is 10.7. The lowest BCUT2D eigenvalue weighted by Crippen LogP contribution is -2.07. The van der Waals surface area contributed by atoms with Gasteiger partial charge in [0.1, 0.15) is 11.5 Å². The number of aryl methyl sites for hydroxylation is 2. The summed E-state index contributed by atoms with van der Waals surface area (Å²) < 4.78 is 10.8. The average molecular weight is 543 g/mol. The Hall–Kier alpha value is -4.23. The van der Waals surface area contributed by atoms with E-state index in [9.17, 15) is 19.8 Å². The molecular weight excluding hydrogens is 512 g/mol. The highest BCUT2D eigenvalue weighted by atomic mass is 32.2. The summed E-state index contributed by atoms with van der Waals surface area (Å²) in [6.45, 7) is 0.542. The van der Waals surface area contributed by atoms with Crippen LogP contribution in [0.4, 0.5) is 0 Å². The fourth-order valence-electron chi connectivity index (χ4n) is 3.90. The molecule has 4 aromatic rings. The highest BCUT2D eigenvalue weighted by Crippen LogP contribution is 2.39. The van der Waals surface area contributed by atoms with E-state index in [-0.39, 0.29) is 35.8 Å². The number of ether oxygens (including phenoxy) is 2. The molecule has 0 fully saturated rings. The van der Waals surface area contributed by atoms with Crippen molar-refractivity contribution >= 4 is 23.7 Å². The number of esters is 2. The van der Waals surface area contributed by atoms with E-state index in [2.05, 4.69) is 0 Å². The zero-order valence-electron chi connectivity index (χ0n) is 21.4. The van der Waals surface area contributed by atoms with Gasteiger partial charge in [-0.15, -0.1) is 0 Å². The zero-order chi connectivity index (χ0) is 27.5. The third-order valence-corrected chi connectivity index (χ3v) is 7.08. The molecule has 200 valence electrons. The third kappa shape index (κ3) is 8.38. The summed E-state index contributed by atoms with van der Waals surface area (Å²) in [5.74, 6) is -1.12. The molecule has 6 nitrogen and oxygen atoms in total. The van der Waals surface area contributed by atoms with Gasteiger partial charge < -0.3 is 19.7 Å². The molecule has 4 aromatic carbocycles. The van der Waals surface area contributed by atoms with Crippen LogP contribution >= 0.6 is 11.8 Å². The maximum Gasteiger partial charge on any atom is 0.338 e. The highest BCUT2D eigenvalue weighted by Gasteiger charge is 2.16. The van der Waals surface area contributed by atoms with Gasteiger partial charge in [-0.05, 0) is 73.2 Å². The van der Waals surface area contributed by atoms with Crippen LogP contribution < -0.4 is 0 Å². The van der Waals surface area contributed by atoms with Crippen molar-refractivity contribution in [3.05, 3.63) is 119 Å². The van der Waals surface area contributed by atoms with Gasteiger partial charge in [0.15, 0.2) is 0 Å². The van der Waals surface area contributed by atoms with Crippen LogP contribution in [-0.2, 0) is 22.3 Å². The minimum absolute atomic E-state index is 0.0612. The van der Waals surface area contributed by atoms with Gasteiger partial charge >= 0.3 is 11.9 Å². The van der Waals surface area contributed by atoms with E-state index in [1.165, 1.54) is 47.5 Å².